The van der Waals surface area contributed by atoms with E-state index in [-0.39, 0.29) is 5.91 Å². The molecule has 0 atom stereocenters. The highest BCUT2D eigenvalue weighted by Gasteiger charge is 2.39. The van der Waals surface area contributed by atoms with Crippen LogP contribution in [0.2, 0.25) is 5.02 Å². The topological polar surface area (TPSA) is 58.8 Å². The van der Waals surface area contributed by atoms with E-state index in [1.807, 2.05) is 29.2 Å². The van der Waals surface area contributed by atoms with Crippen molar-refractivity contribution >= 4 is 17.5 Å². The van der Waals surface area contributed by atoms with Crippen molar-refractivity contribution in [2.75, 3.05) is 39.3 Å². The first kappa shape index (κ1) is 18.5. The summed E-state index contributed by atoms with van der Waals surface area (Å²) < 4.78 is 5.75. The lowest BCUT2D eigenvalue weighted by molar-refractivity contribution is -0.140. The molecule has 1 saturated heterocycles. The van der Waals surface area contributed by atoms with Crippen molar-refractivity contribution < 1.29 is 9.53 Å². The smallest absolute Gasteiger partial charge is 0.242 e. The Kier molecular flexibility index (Phi) is 6.20. The number of hydrogen-bond donors (Lipinski definition) is 1. The normalized spacial score (nSPS) is 21.1. The molecule has 2 aliphatic rings. The number of nitrogens with zero attached hydrogens (tertiary/aromatic N) is 2. The summed E-state index contributed by atoms with van der Waals surface area (Å²) in [6.07, 6.45) is 5.00. The van der Waals surface area contributed by atoms with Gasteiger partial charge in [0.1, 0.15) is 12.4 Å². The minimum atomic E-state index is -0.617. The average molecular weight is 366 g/mol. The van der Waals surface area contributed by atoms with Crippen molar-refractivity contribution in [1.82, 2.24) is 9.80 Å². The average Bonchev–Trinajstić information content (AvgIpc) is 2.64. The van der Waals surface area contributed by atoms with Crippen molar-refractivity contribution in [2.45, 2.75) is 37.6 Å². The van der Waals surface area contributed by atoms with Gasteiger partial charge in [0.25, 0.3) is 0 Å². The predicted molar refractivity (Wildman–Crippen MR) is 100.0 cm³/mol. The van der Waals surface area contributed by atoms with E-state index >= 15 is 0 Å². The largest absolute Gasteiger partial charge is 0.491 e. The van der Waals surface area contributed by atoms with Crippen LogP contribution in [0.4, 0.5) is 0 Å². The maximum absolute atomic E-state index is 12.8. The number of carbonyl (C=O) groups is 1. The molecule has 1 aromatic rings. The Labute approximate surface area is 155 Å². The van der Waals surface area contributed by atoms with E-state index in [0.717, 1.165) is 64.2 Å². The third-order valence-electron chi connectivity index (χ3n) is 5.33. The molecule has 1 aromatic carbocycles. The lowest BCUT2D eigenvalue weighted by Crippen LogP contribution is -2.60. The van der Waals surface area contributed by atoms with Gasteiger partial charge in [-0.2, -0.15) is 0 Å². The van der Waals surface area contributed by atoms with Gasteiger partial charge in [0.15, 0.2) is 0 Å². The van der Waals surface area contributed by atoms with Crippen LogP contribution in [0.5, 0.6) is 5.75 Å². The predicted octanol–water partition coefficient (Wildman–Crippen LogP) is 2.52. The molecule has 0 unspecified atom stereocenters. The van der Waals surface area contributed by atoms with Gasteiger partial charge in [-0.25, -0.2) is 0 Å². The van der Waals surface area contributed by atoms with Gasteiger partial charge in [0.2, 0.25) is 5.91 Å². The molecular formula is C19H28ClN3O2. The first-order chi connectivity index (χ1) is 12.1. The van der Waals surface area contributed by atoms with Gasteiger partial charge in [-0.05, 0) is 25.0 Å². The van der Waals surface area contributed by atoms with Gasteiger partial charge < -0.3 is 15.4 Å². The number of ether oxygens (including phenoxy) is 1. The van der Waals surface area contributed by atoms with E-state index in [2.05, 4.69) is 4.90 Å². The van der Waals surface area contributed by atoms with Crippen LogP contribution in [0, 0.1) is 0 Å². The van der Waals surface area contributed by atoms with Crippen LogP contribution >= 0.6 is 11.6 Å². The van der Waals surface area contributed by atoms with Gasteiger partial charge in [-0.15, -0.1) is 0 Å². The maximum Gasteiger partial charge on any atom is 0.242 e. The first-order valence-electron chi connectivity index (χ1n) is 9.26. The molecule has 2 N–H and O–H groups in total. The summed E-state index contributed by atoms with van der Waals surface area (Å²) in [5.41, 5.74) is 5.77. The second kappa shape index (κ2) is 8.39. The van der Waals surface area contributed by atoms with Gasteiger partial charge in [0, 0.05) is 32.7 Å². The molecule has 6 heteroatoms. The molecule has 0 spiro atoms. The number of amides is 1. The van der Waals surface area contributed by atoms with Crippen LogP contribution in [-0.4, -0.2) is 60.6 Å². The molecule has 5 nitrogen and oxygen atoms in total. The molecule has 25 heavy (non-hydrogen) atoms. The number of benzene rings is 1. The Hall–Kier alpha value is -1.30. The van der Waals surface area contributed by atoms with E-state index in [0.29, 0.717) is 11.6 Å². The Morgan fingerprint density at radius 1 is 1.12 bits per heavy atom. The monoisotopic (exact) mass is 365 g/mol. The van der Waals surface area contributed by atoms with Gasteiger partial charge in [-0.1, -0.05) is 43.0 Å². The van der Waals surface area contributed by atoms with Crippen LogP contribution in [0.3, 0.4) is 0 Å². The Balaban J connectivity index is 1.41. The lowest BCUT2D eigenvalue weighted by atomic mass is 9.81. The lowest BCUT2D eigenvalue weighted by Gasteiger charge is -2.41. The Bertz CT molecular complexity index is 582. The summed E-state index contributed by atoms with van der Waals surface area (Å²) in [6, 6.07) is 7.51. The standard InChI is InChI=1S/C19H28ClN3O2/c20-16-6-2-3-7-17(16)25-15-14-22-10-12-23(13-11-22)18(24)19(21)8-4-1-5-9-19/h2-3,6-7H,1,4-5,8-15,21H2. The molecule has 1 saturated carbocycles. The highest BCUT2D eigenvalue weighted by atomic mass is 35.5. The zero-order valence-electron chi connectivity index (χ0n) is 14.8. The van der Waals surface area contributed by atoms with Crippen LogP contribution < -0.4 is 10.5 Å². The fraction of sp³-hybridized carbons (Fsp3) is 0.632. The van der Waals surface area contributed by atoms with Crippen molar-refractivity contribution in [3.05, 3.63) is 29.3 Å². The number of carbonyl (C=O) groups excluding carboxylic acids is 1. The number of rotatable bonds is 5. The number of piperazine rings is 1. The molecule has 3 rings (SSSR count). The molecule has 0 radical (unpaired) electrons. The van der Waals surface area contributed by atoms with E-state index in [4.69, 9.17) is 22.1 Å². The summed E-state index contributed by atoms with van der Waals surface area (Å²) >= 11 is 6.09. The number of nitrogens with two attached hydrogens (primary N) is 1. The molecule has 0 aromatic heterocycles. The third-order valence-corrected chi connectivity index (χ3v) is 5.65. The van der Waals surface area contributed by atoms with E-state index in [1.54, 1.807) is 0 Å². The summed E-state index contributed by atoms with van der Waals surface area (Å²) in [7, 11) is 0. The highest BCUT2D eigenvalue weighted by Crippen LogP contribution is 2.28. The second-order valence-corrected chi connectivity index (χ2v) is 7.54. The minimum Gasteiger partial charge on any atom is -0.491 e. The van der Waals surface area contributed by atoms with Gasteiger partial charge in [-0.3, -0.25) is 9.69 Å². The van der Waals surface area contributed by atoms with E-state index in [1.165, 1.54) is 6.42 Å². The molecular weight excluding hydrogens is 338 g/mol. The van der Waals surface area contributed by atoms with Crippen molar-refractivity contribution in [3.63, 3.8) is 0 Å². The number of halogens is 1. The van der Waals surface area contributed by atoms with Crippen LogP contribution in [-0.2, 0) is 4.79 Å². The van der Waals surface area contributed by atoms with Crippen LogP contribution in [0.15, 0.2) is 24.3 Å². The van der Waals surface area contributed by atoms with Crippen LogP contribution in [0.25, 0.3) is 0 Å². The molecule has 1 aliphatic heterocycles. The molecule has 138 valence electrons. The van der Waals surface area contributed by atoms with Gasteiger partial charge >= 0.3 is 0 Å². The van der Waals surface area contributed by atoms with Gasteiger partial charge in [0.05, 0.1) is 10.6 Å². The van der Waals surface area contributed by atoms with Crippen molar-refractivity contribution in [3.8, 4) is 5.75 Å². The van der Waals surface area contributed by atoms with Crippen molar-refractivity contribution in [1.29, 1.82) is 0 Å². The minimum absolute atomic E-state index is 0.152. The zero-order chi connectivity index (χ0) is 17.7. The maximum atomic E-state index is 12.8. The van der Waals surface area contributed by atoms with Crippen molar-refractivity contribution in [2.24, 2.45) is 5.73 Å². The number of hydrogen-bond acceptors (Lipinski definition) is 4. The summed E-state index contributed by atoms with van der Waals surface area (Å²) in [6.45, 7) is 4.68. The Morgan fingerprint density at radius 2 is 1.80 bits per heavy atom. The third kappa shape index (κ3) is 4.66. The fourth-order valence-electron chi connectivity index (χ4n) is 3.73. The van der Waals surface area contributed by atoms with E-state index in [9.17, 15) is 4.79 Å². The molecule has 0 bridgehead atoms. The molecule has 1 amide bonds. The van der Waals surface area contributed by atoms with Crippen LogP contribution in [0.1, 0.15) is 32.1 Å². The summed E-state index contributed by atoms with van der Waals surface area (Å²) in [5, 5.41) is 0.638. The first-order valence-corrected chi connectivity index (χ1v) is 9.64. The fourth-order valence-corrected chi connectivity index (χ4v) is 3.92. The van der Waals surface area contributed by atoms with E-state index < -0.39 is 5.54 Å². The summed E-state index contributed by atoms with van der Waals surface area (Å²) in [4.78, 5) is 17.0. The SMILES string of the molecule is NC1(C(=O)N2CCN(CCOc3ccccc3Cl)CC2)CCCCC1. The highest BCUT2D eigenvalue weighted by molar-refractivity contribution is 6.32. The molecule has 1 aliphatic carbocycles. The quantitative estimate of drug-likeness (QED) is 0.871. The zero-order valence-corrected chi connectivity index (χ0v) is 15.5. The second-order valence-electron chi connectivity index (χ2n) is 7.13. The summed E-state index contributed by atoms with van der Waals surface area (Å²) in [5.74, 6) is 0.875. The molecule has 1 heterocycles. The number of para-hydroxylation sites is 1. The Morgan fingerprint density at radius 3 is 2.48 bits per heavy atom. The molecule has 2 fully saturated rings.